The van der Waals surface area contributed by atoms with Crippen LogP contribution in [0.15, 0.2) is 18.2 Å². The van der Waals surface area contributed by atoms with Gasteiger partial charge in [-0.15, -0.1) is 0 Å². The van der Waals surface area contributed by atoms with Crippen LogP contribution < -0.4 is 5.32 Å². The summed E-state index contributed by atoms with van der Waals surface area (Å²) in [5.74, 6) is 0.744. The molecule has 1 heterocycles. The van der Waals surface area contributed by atoms with E-state index in [4.69, 9.17) is 0 Å². The average molecular weight is 260 g/mol. The lowest BCUT2D eigenvalue weighted by Gasteiger charge is -2.30. The van der Waals surface area contributed by atoms with Gasteiger partial charge in [-0.2, -0.15) is 0 Å². The summed E-state index contributed by atoms with van der Waals surface area (Å²) < 4.78 is 0. The van der Waals surface area contributed by atoms with Gasteiger partial charge in [0, 0.05) is 18.8 Å². The summed E-state index contributed by atoms with van der Waals surface area (Å²) in [5.41, 5.74) is 3.34. The molecule has 0 unspecified atom stereocenters. The molecule has 3 heteroatoms. The van der Waals surface area contributed by atoms with Crippen molar-refractivity contribution in [1.82, 2.24) is 4.90 Å². The van der Waals surface area contributed by atoms with Gasteiger partial charge in [-0.05, 0) is 43.2 Å². The van der Waals surface area contributed by atoms with Gasteiger partial charge in [0.1, 0.15) is 0 Å². The second-order valence-corrected chi connectivity index (χ2v) is 5.56. The number of nitrogens with one attached hydrogen (secondary N) is 1. The van der Waals surface area contributed by atoms with Gasteiger partial charge < -0.3 is 10.2 Å². The van der Waals surface area contributed by atoms with E-state index in [2.05, 4.69) is 25.2 Å². The highest BCUT2D eigenvalue weighted by Gasteiger charge is 2.21. The third-order valence-corrected chi connectivity index (χ3v) is 4.04. The van der Waals surface area contributed by atoms with Crippen LogP contribution in [0.4, 0.5) is 10.5 Å². The Labute approximate surface area is 116 Å². The summed E-state index contributed by atoms with van der Waals surface area (Å²) in [6.45, 7) is 8.17. The van der Waals surface area contributed by atoms with Crippen LogP contribution in [-0.2, 0) is 6.42 Å². The number of anilines is 1. The summed E-state index contributed by atoms with van der Waals surface area (Å²) in [5, 5.41) is 3.10. The van der Waals surface area contributed by atoms with Gasteiger partial charge in [-0.3, -0.25) is 0 Å². The van der Waals surface area contributed by atoms with Crippen molar-refractivity contribution in [3.8, 4) is 0 Å². The summed E-state index contributed by atoms with van der Waals surface area (Å²) in [4.78, 5) is 14.2. The molecule has 2 amide bonds. The standard InChI is InChI=1S/C16H24N2O/c1-4-14-7-5-6-13(3)15(14)17-16(19)18-10-8-12(2)9-11-18/h5-7,12H,4,8-11H2,1-3H3,(H,17,19). The molecule has 1 fully saturated rings. The van der Waals surface area contributed by atoms with Gasteiger partial charge in [0.25, 0.3) is 0 Å². The molecule has 1 N–H and O–H groups in total. The normalized spacial score (nSPS) is 16.5. The molecule has 0 radical (unpaired) electrons. The Morgan fingerprint density at radius 3 is 2.68 bits per heavy atom. The lowest BCUT2D eigenvalue weighted by Crippen LogP contribution is -2.40. The topological polar surface area (TPSA) is 32.3 Å². The molecule has 1 saturated heterocycles. The van der Waals surface area contributed by atoms with Crippen LogP contribution in [0.1, 0.15) is 37.8 Å². The number of hydrogen-bond donors (Lipinski definition) is 1. The zero-order valence-corrected chi connectivity index (χ0v) is 12.2. The zero-order chi connectivity index (χ0) is 13.8. The second-order valence-electron chi connectivity index (χ2n) is 5.56. The number of aryl methyl sites for hydroxylation is 2. The molecule has 0 aromatic heterocycles. The van der Waals surface area contributed by atoms with Crippen molar-refractivity contribution >= 4 is 11.7 Å². The van der Waals surface area contributed by atoms with Crippen molar-refractivity contribution in [3.05, 3.63) is 29.3 Å². The van der Waals surface area contributed by atoms with Gasteiger partial charge in [-0.25, -0.2) is 4.79 Å². The van der Waals surface area contributed by atoms with Crippen LogP contribution in [0.5, 0.6) is 0 Å². The number of carbonyl (C=O) groups is 1. The van der Waals surface area contributed by atoms with Gasteiger partial charge in [0.2, 0.25) is 0 Å². The highest BCUT2D eigenvalue weighted by atomic mass is 16.2. The summed E-state index contributed by atoms with van der Waals surface area (Å²) in [6, 6.07) is 6.23. The highest BCUT2D eigenvalue weighted by molar-refractivity contribution is 5.91. The summed E-state index contributed by atoms with van der Waals surface area (Å²) >= 11 is 0. The van der Waals surface area contributed by atoms with Crippen LogP contribution in [0.2, 0.25) is 0 Å². The Hall–Kier alpha value is -1.51. The molecule has 104 valence electrons. The quantitative estimate of drug-likeness (QED) is 0.861. The maximum absolute atomic E-state index is 12.3. The van der Waals surface area contributed by atoms with Gasteiger partial charge in [0.15, 0.2) is 0 Å². The van der Waals surface area contributed by atoms with E-state index in [9.17, 15) is 4.79 Å². The first-order valence-electron chi connectivity index (χ1n) is 7.26. The molecule has 0 spiro atoms. The number of nitrogens with zero attached hydrogens (tertiary/aromatic N) is 1. The highest BCUT2D eigenvalue weighted by Crippen LogP contribution is 2.23. The van der Waals surface area contributed by atoms with Crippen molar-refractivity contribution in [1.29, 1.82) is 0 Å². The predicted octanol–water partition coefficient (Wildman–Crippen LogP) is 3.82. The van der Waals surface area contributed by atoms with Crippen LogP contribution in [-0.4, -0.2) is 24.0 Å². The van der Waals surface area contributed by atoms with Crippen molar-refractivity contribution in [3.63, 3.8) is 0 Å². The number of amides is 2. The molecule has 19 heavy (non-hydrogen) atoms. The molecule has 0 saturated carbocycles. The van der Waals surface area contributed by atoms with E-state index < -0.39 is 0 Å². The van der Waals surface area contributed by atoms with Crippen molar-refractivity contribution in [2.45, 2.75) is 40.0 Å². The fourth-order valence-electron chi connectivity index (χ4n) is 2.60. The smallest absolute Gasteiger partial charge is 0.321 e. The van der Waals surface area contributed by atoms with Crippen LogP contribution >= 0.6 is 0 Å². The summed E-state index contributed by atoms with van der Waals surface area (Å²) in [7, 11) is 0. The average Bonchev–Trinajstić information content (AvgIpc) is 2.41. The monoisotopic (exact) mass is 260 g/mol. The molecule has 1 aliphatic rings. The van der Waals surface area contributed by atoms with Crippen LogP contribution in [0.25, 0.3) is 0 Å². The first kappa shape index (κ1) is 13.9. The maximum Gasteiger partial charge on any atom is 0.321 e. The van der Waals surface area contributed by atoms with Crippen molar-refractivity contribution < 1.29 is 4.79 Å². The molecule has 0 aliphatic carbocycles. The van der Waals surface area contributed by atoms with E-state index >= 15 is 0 Å². The Balaban J connectivity index is 2.06. The number of carbonyl (C=O) groups excluding carboxylic acids is 1. The van der Waals surface area contributed by atoms with E-state index in [0.717, 1.165) is 49.5 Å². The van der Waals surface area contributed by atoms with E-state index in [-0.39, 0.29) is 6.03 Å². The fraction of sp³-hybridized carbons (Fsp3) is 0.562. The SMILES string of the molecule is CCc1cccc(C)c1NC(=O)N1CCC(C)CC1. The number of urea groups is 1. The number of benzene rings is 1. The minimum Gasteiger partial charge on any atom is -0.325 e. The molecule has 0 bridgehead atoms. The minimum atomic E-state index is 0.0518. The second kappa shape index (κ2) is 6.09. The molecular formula is C16H24N2O. The van der Waals surface area contributed by atoms with Gasteiger partial charge >= 0.3 is 6.03 Å². The lowest BCUT2D eigenvalue weighted by molar-refractivity contribution is 0.186. The Bertz CT molecular complexity index is 448. The van der Waals surface area contributed by atoms with E-state index in [1.54, 1.807) is 0 Å². The van der Waals surface area contributed by atoms with Crippen molar-refractivity contribution in [2.24, 2.45) is 5.92 Å². The maximum atomic E-state index is 12.3. The number of para-hydroxylation sites is 1. The number of likely N-dealkylation sites (tertiary alicyclic amines) is 1. The molecule has 1 aliphatic heterocycles. The number of hydrogen-bond acceptors (Lipinski definition) is 1. The number of rotatable bonds is 2. The molecular weight excluding hydrogens is 236 g/mol. The first-order chi connectivity index (χ1) is 9.11. The minimum absolute atomic E-state index is 0.0518. The first-order valence-corrected chi connectivity index (χ1v) is 7.26. The van der Waals surface area contributed by atoms with E-state index in [1.807, 2.05) is 24.0 Å². The lowest BCUT2D eigenvalue weighted by atomic mass is 9.99. The van der Waals surface area contributed by atoms with E-state index in [1.165, 1.54) is 5.56 Å². The number of piperidine rings is 1. The molecule has 3 nitrogen and oxygen atoms in total. The summed E-state index contributed by atoms with van der Waals surface area (Å²) in [6.07, 6.45) is 3.16. The van der Waals surface area contributed by atoms with Gasteiger partial charge in [0.05, 0.1) is 0 Å². The zero-order valence-electron chi connectivity index (χ0n) is 12.2. The molecule has 1 aromatic carbocycles. The predicted molar refractivity (Wildman–Crippen MR) is 79.5 cm³/mol. The molecule has 0 atom stereocenters. The Morgan fingerprint density at radius 2 is 2.05 bits per heavy atom. The Morgan fingerprint density at radius 1 is 1.37 bits per heavy atom. The van der Waals surface area contributed by atoms with E-state index in [0.29, 0.717) is 0 Å². The molecule has 2 rings (SSSR count). The fourth-order valence-corrected chi connectivity index (χ4v) is 2.60. The third-order valence-electron chi connectivity index (χ3n) is 4.04. The third kappa shape index (κ3) is 3.28. The Kier molecular flexibility index (Phi) is 4.46. The largest absolute Gasteiger partial charge is 0.325 e. The molecule has 1 aromatic rings. The van der Waals surface area contributed by atoms with Crippen LogP contribution in [0.3, 0.4) is 0 Å². The van der Waals surface area contributed by atoms with Gasteiger partial charge in [-0.1, -0.05) is 32.0 Å². The van der Waals surface area contributed by atoms with Crippen molar-refractivity contribution in [2.75, 3.05) is 18.4 Å². The van der Waals surface area contributed by atoms with Crippen LogP contribution in [0, 0.1) is 12.8 Å².